The largest absolute Gasteiger partial charge is 0.437 e. The molecule has 0 spiro atoms. The van der Waals surface area contributed by atoms with Crippen LogP contribution in [0.1, 0.15) is 28.8 Å². The Labute approximate surface area is 213 Å². The lowest BCUT2D eigenvalue weighted by Crippen LogP contribution is -2.26. The third-order valence-corrected chi connectivity index (χ3v) is 6.11. The first-order valence-corrected chi connectivity index (χ1v) is 12.1. The van der Waals surface area contributed by atoms with Crippen LogP contribution < -0.4 is 15.4 Å². The first-order chi connectivity index (χ1) is 17.8. The minimum absolute atomic E-state index is 0.0718. The zero-order valence-electron chi connectivity index (χ0n) is 20.9. The van der Waals surface area contributed by atoms with Crippen LogP contribution in [0.25, 0.3) is 16.9 Å². The first kappa shape index (κ1) is 24.6. The maximum absolute atomic E-state index is 13.8. The van der Waals surface area contributed by atoms with Gasteiger partial charge in [-0.05, 0) is 63.7 Å². The van der Waals surface area contributed by atoms with E-state index in [-0.39, 0.29) is 23.6 Å². The lowest BCUT2D eigenvalue weighted by atomic mass is 10.0. The summed E-state index contributed by atoms with van der Waals surface area (Å²) in [5.74, 6) is -1.73. The van der Waals surface area contributed by atoms with Crippen molar-refractivity contribution in [3.63, 3.8) is 0 Å². The first-order valence-electron chi connectivity index (χ1n) is 12.1. The van der Waals surface area contributed by atoms with Crippen LogP contribution in [0.5, 0.6) is 11.6 Å². The molecule has 0 atom stereocenters. The van der Waals surface area contributed by atoms with Gasteiger partial charge in [0, 0.05) is 42.4 Å². The number of nitrogens with one attached hydrogen (secondary N) is 2. The molecule has 10 heteroatoms. The Hall–Kier alpha value is -4.05. The lowest BCUT2D eigenvalue weighted by molar-refractivity contribution is 0.0950. The van der Waals surface area contributed by atoms with Gasteiger partial charge in [-0.15, -0.1) is 5.10 Å². The Kier molecular flexibility index (Phi) is 6.75. The number of hydrogen-bond donors (Lipinski definition) is 2. The third-order valence-electron chi connectivity index (χ3n) is 6.11. The van der Waals surface area contributed by atoms with Crippen LogP contribution in [-0.4, -0.2) is 58.6 Å². The van der Waals surface area contributed by atoms with Crippen LogP contribution in [-0.2, 0) is 0 Å². The van der Waals surface area contributed by atoms with Gasteiger partial charge >= 0.3 is 0 Å². The summed E-state index contributed by atoms with van der Waals surface area (Å²) in [7, 11) is 3.96. The topological polar surface area (TPSA) is 83.8 Å². The zero-order chi connectivity index (χ0) is 26.1. The number of likely N-dealkylation sites (N-methyl/N-ethyl adjacent to an activating group) is 1. The number of nitrogens with zero attached hydrogens (tertiary/aromatic N) is 4. The van der Waals surface area contributed by atoms with Crippen molar-refractivity contribution in [3.05, 3.63) is 71.4 Å². The summed E-state index contributed by atoms with van der Waals surface area (Å²) >= 11 is 0. The maximum Gasteiger partial charge on any atom is 0.251 e. The highest BCUT2D eigenvalue weighted by molar-refractivity contribution is 5.96. The predicted molar refractivity (Wildman–Crippen MR) is 137 cm³/mol. The van der Waals surface area contributed by atoms with Gasteiger partial charge in [0.05, 0.1) is 17.6 Å². The number of hydrogen-bond acceptors (Lipinski definition) is 6. The molecule has 1 fully saturated rings. The number of fused-ring (bicyclic) bond motifs is 1. The molecule has 0 radical (unpaired) electrons. The number of aryl methyl sites for hydroxylation is 1. The molecule has 2 heterocycles. The number of carbonyl (C=O) groups is 1. The van der Waals surface area contributed by atoms with Gasteiger partial charge in [0.15, 0.2) is 17.3 Å². The second-order valence-corrected chi connectivity index (χ2v) is 9.46. The second kappa shape index (κ2) is 10.1. The molecule has 2 aromatic carbocycles. The summed E-state index contributed by atoms with van der Waals surface area (Å²) in [6.07, 6.45) is 3.76. The SMILES string of the molecule is Cc1cc(-c2cnc3c(NCCN(C)C)cc(Oc4ccc(F)c(F)c4)nn23)ccc1C(=O)NC1CC1. The molecule has 192 valence electrons. The van der Waals surface area contributed by atoms with E-state index in [0.29, 0.717) is 29.1 Å². The van der Waals surface area contributed by atoms with Crippen molar-refractivity contribution in [2.75, 3.05) is 32.5 Å². The molecule has 37 heavy (non-hydrogen) atoms. The fourth-order valence-corrected chi connectivity index (χ4v) is 3.97. The quantitative estimate of drug-likeness (QED) is 0.344. The highest BCUT2D eigenvalue weighted by atomic mass is 19.2. The molecule has 5 rings (SSSR count). The van der Waals surface area contributed by atoms with Crippen molar-refractivity contribution in [2.45, 2.75) is 25.8 Å². The Bertz CT molecular complexity index is 1470. The summed E-state index contributed by atoms with van der Waals surface area (Å²) in [6.45, 7) is 3.32. The van der Waals surface area contributed by atoms with Crippen LogP contribution in [0.3, 0.4) is 0 Å². The van der Waals surface area contributed by atoms with Crippen LogP contribution in [0.2, 0.25) is 0 Å². The second-order valence-electron chi connectivity index (χ2n) is 9.46. The van der Waals surface area contributed by atoms with Gasteiger partial charge in [0.2, 0.25) is 5.88 Å². The zero-order valence-corrected chi connectivity index (χ0v) is 20.9. The molecule has 0 saturated heterocycles. The van der Waals surface area contributed by atoms with E-state index >= 15 is 0 Å². The fraction of sp³-hybridized carbons (Fsp3) is 0.296. The normalized spacial score (nSPS) is 13.2. The highest BCUT2D eigenvalue weighted by Gasteiger charge is 2.24. The number of halogens is 2. The molecule has 0 aliphatic heterocycles. The van der Waals surface area contributed by atoms with Gasteiger partial charge in [0.1, 0.15) is 5.75 Å². The maximum atomic E-state index is 13.8. The van der Waals surface area contributed by atoms with Gasteiger partial charge in [-0.1, -0.05) is 6.07 Å². The molecule has 1 amide bonds. The Morgan fingerprint density at radius 3 is 2.65 bits per heavy atom. The molecular weight excluding hydrogens is 478 g/mol. The Morgan fingerprint density at radius 1 is 1.14 bits per heavy atom. The van der Waals surface area contributed by atoms with Gasteiger partial charge in [0.25, 0.3) is 5.91 Å². The molecule has 2 N–H and O–H groups in total. The van der Waals surface area contributed by atoms with Crippen LogP contribution >= 0.6 is 0 Å². The van der Waals surface area contributed by atoms with E-state index in [1.807, 2.05) is 38.1 Å². The molecule has 2 aromatic heterocycles. The van der Waals surface area contributed by atoms with Crippen LogP contribution in [0.15, 0.2) is 48.7 Å². The van der Waals surface area contributed by atoms with Crippen molar-refractivity contribution < 1.29 is 18.3 Å². The van der Waals surface area contributed by atoms with Crippen LogP contribution in [0.4, 0.5) is 14.5 Å². The van der Waals surface area contributed by atoms with E-state index in [9.17, 15) is 13.6 Å². The lowest BCUT2D eigenvalue weighted by Gasteiger charge is -2.14. The standard InChI is InChI=1S/C27H28F2N6O2/c1-16-12-17(4-8-20(16)27(36)32-18-5-6-18)24-15-31-26-23(30-10-11-34(2)3)14-25(33-35(24)26)37-19-7-9-21(28)22(29)13-19/h4,7-9,12-15,18,30H,5-6,10-11H2,1-3H3,(H,32,36). The average molecular weight is 507 g/mol. The van der Waals surface area contributed by atoms with Crippen molar-refractivity contribution in [1.82, 2.24) is 24.8 Å². The van der Waals surface area contributed by atoms with E-state index in [1.54, 1.807) is 22.8 Å². The molecule has 1 aliphatic carbocycles. The molecule has 8 nitrogen and oxygen atoms in total. The van der Waals surface area contributed by atoms with E-state index < -0.39 is 11.6 Å². The average Bonchev–Trinajstić information content (AvgIpc) is 3.56. The van der Waals surface area contributed by atoms with Gasteiger partial charge < -0.3 is 20.3 Å². The number of benzene rings is 2. The van der Waals surface area contributed by atoms with Crippen molar-refractivity contribution in [3.8, 4) is 22.9 Å². The Balaban J connectivity index is 1.51. The van der Waals surface area contributed by atoms with Crippen LogP contribution in [0, 0.1) is 18.6 Å². The molecule has 0 bridgehead atoms. The molecular formula is C27H28F2N6O2. The van der Waals surface area contributed by atoms with E-state index in [0.717, 1.165) is 42.6 Å². The summed E-state index contributed by atoms with van der Waals surface area (Å²) in [6, 6.07) is 10.9. The number of imidazole rings is 1. The fourth-order valence-electron chi connectivity index (χ4n) is 3.97. The third kappa shape index (κ3) is 5.54. The monoisotopic (exact) mass is 506 g/mol. The van der Waals surface area contributed by atoms with E-state index in [4.69, 9.17) is 4.74 Å². The predicted octanol–water partition coefficient (Wildman–Crippen LogP) is 4.64. The molecule has 1 aliphatic rings. The molecule has 0 unspecified atom stereocenters. The number of rotatable bonds is 9. The minimum Gasteiger partial charge on any atom is -0.437 e. The Morgan fingerprint density at radius 2 is 1.95 bits per heavy atom. The van der Waals surface area contributed by atoms with E-state index in [1.165, 1.54) is 6.07 Å². The molecule has 1 saturated carbocycles. The summed E-state index contributed by atoms with van der Waals surface area (Å²) in [4.78, 5) is 19.2. The summed E-state index contributed by atoms with van der Waals surface area (Å²) in [5, 5.41) is 11.0. The number of aromatic nitrogens is 3. The highest BCUT2D eigenvalue weighted by Crippen LogP contribution is 2.30. The van der Waals surface area contributed by atoms with Crippen molar-refractivity contribution in [1.29, 1.82) is 0 Å². The van der Waals surface area contributed by atoms with Gasteiger partial charge in [-0.2, -0.15) is 0 Å². The van der Waals surface area contributed by atoms with E-state index in [2.05, 4.69) is 20.7 Å². The van der Waals surface area contributed by atoms with Gasteiger partial charge in [-0.25, -0.2) is 18.3 Å². The van der Waals surface area contributed by atoms with Crippen molar-refractivity contribution in [2.24, 2.45) is 0 Å². The molecule has 4 aromatic rings. The number of carbonyl (C=O) groups excluding carboxylic acids is 1. The smallest absolute Gasteiger partial charge is 0.251 e. The van der Waals surface area contributed by atoms with Crippen molar-refractivity contribution >= 4 is 17.2 Å². The van der Waals surface area contributed by atoms with Gasteiger partial charge in [-0.3, -0.25) is 4.79 Å². The summed E-state index contributed by atoms with van der Waals surface area (Å²) < 4.78 is 34.6. The minimum atomic E-state index is -1.01. The number of amides is 1. The number of ether oxygens (including phenoxy) is 1. The number of anilines is 1. The summed E-state index contributed by atoms with van der Waals surface area (Å²) in [5.41, 5.74) is 4.25.